The van der Waals surface area contributed by atoms with Gasteiger partial charge in [-0.1, -0.05) is 23.7 Å². The lowest BCUT2D eigenvalue weighted by atomic mass is 9.93. The largest absolute Gasteiger partial charge is 0.481 e. The van der Waals surface area contributed by atoms with Gasteiger partial charge in [-0.2, -0.15) is 0 Å². The molecule has 1 unspecified atom stereocenters. The SMILES string of the molecule is CCC(O)c1cc2nccc(-c3cc(Cl)cc4c3O[C@@H](c3onc5c3CCCC5)C4)c2s1. The lowest BCUT2D eigenvalue weighted by molar-refractivity contribution is 0.177. The van der Waals surface area contributed by atoms with E-state index in [2.05, 4.69) is 10.1 Å². The highest BCUT2D eigenvalue weighted by Gasteiger charge is 2.34. The van der Waals surface area contributed by atoms with Crippen LogP contribution in [0.4, 0.5) is 0 Å². The Bertz CT molecular complexity index is 1330. The van der Waals surface area contributed by atoms with E-state index in [-0.39, 0.29) is 6.10 Å². The number of aliphatic hydroxyl groups excluding tert-OH is 1. The molecule has 0 amide bonds. The number of fused-ring (bicyclic) bond motifs is 3. The fourth-order valence-electron chi connectivity index (χ4n) is 4.87. The number of hydrogen-bond acceptors (Lipinski definition) is 6. The van der Waals surface area contributed by atoms with Gasteiger partial charge in [0.15, 0.2) is 11.9 Å². The maximum absolute atomic E-state index is 10.3. The van der Waals surface area contributed by atoms with Crippen molar-refractivity contribution in [2.24, 2.45) is 0 Å². The molecule has 32 heavy (non-hydrogen) atoms. The maximum Gasteiger partial charge on any atom is 0.181 e. The molecule has 7 heteroatoms. The lowest BCUT2D eigenvalue weighted by Gasteiger charge is -2.14. The van der Waals surface area contributed by atoms with Gasteiger partial charge in [0.25, 0.3) is 0 Å². The number of aromatic nitrogens is 2. The van der Waals surface area contributed by atoms with Crippen molar-refractivity contribution in [1.29, 1.82) is 0 Å². The molecule has 0 bridgehead atoms. The summed E-state index contributed by atoms with van der Waals surface area (Å²) < 4.78 is 13.3. The smallest absolute Gasteiger partial charge is 0.181 e. The van der Waals surface area contributed by atoms with E-state index in [9.17, 15) is 5.11 Å². The summed E-state index contributed by atoms with van der Waals surface area (Å²) in [5.41, 5.74) is 6.24. The van der Waals surface area contributed by atoms with E-state index in [0.717, 1.165) is 74.7 Å². The van der Waals surface area contributed by atoms with E-state index < -0.39 is 6.10 Å². The van der Waals surface area contributed by atoms with E-state index in [1.807, 2.05) is 31.2 Å². The molecule has 0 spiro atoms. The van der Waals surface area contributed by atoms with Gasteiger partial charge in [0, 0.05) is 44.8 Å². The average Bonchev–Trinajstić information content (AvgIpc) is 3.53. The van der Waals surface area contributed by atoms with Crippen LogP contribution in [0.1, 0.15) is 65.9 Å². The standard InChI is InChI=1S/C25H23ClN2O3S/c1-2-20(29)22-12-19-25(32-22)15(7-8-27-19)17-11-14(26)9-13-10-21(30-23(13)17)24-16-5-3-4-6-18(16)28-31-24/h7-9,11-12,20-21,29H,2-6,10H2,1H3/t20?,21-/m1/s1. The molecule has 164 valence electrons. The number of thiophene rings is 1. The molecule has 4 aromatic rings. The number of rotatable bonds is 4. The van der Waals surface area contributed by atoms with Crippen molar-refractivity contribution in [3.63, 3.8) is 0 Å². The maximum atomic E-state index is 10.3. The molecule has 0 radical (unpaired) electrons. The number of benzene rings is 1. The Morgan fingerprint density at radius 1 is 1.22 bits per heavy atom. The molecule has 2 aliphatic rings. The van der Waals surface area contributed by atoms with Crippen molar-refractivity contribution < 1.29 is 14.4 Å². The van der Waals surface area contributed by atoms with Crippen LogP contribution >= 0.6 is 22.9 Å². The first-order valence-electron chi connectivity index (χ1n) is 11.2. The van der Waals surface area contributed by atoms with E-state index in [4.69, 9.17) is 20.9 Å². The van der Waals surface area contributed by atoms with Crippen molar-refractivity contribution >= 4 is 33.2 Å². The average molecular weight is 467 g/mol. The molecule has 3 aromatic heterocycles. The lowest BCUT2D eigenvalue weighted by Crippen LogP contribution is -2.08. The van der Waals surface area contributed by atoms with E-state index >= 15 is 0 Å². The van der Waals surface area contributed by atoms with Gasteiger partial charge in [-0.15, -0.1) is 11.3 Å². The summed E-state index contributed by atoms with van der Waals surface area (Å²) >= 11 is 8.13. The zero-order valence-corrected chi connectivity index (χ0v) is 19.3. The van der Waals surface area contributed by atoms with Gasteiger partial charge in [0.2, 0.25) is 0 Å². The molecule has 1 aromatic carbocycles. The molecule has 4 heterocycles. The third-order valence-electron chi connectivity index (χ3n) is 6.52. The van der Waals surface area contributed by atoms with Gasteiger partial charge < -0.3 is 14.4 Å². The number of ether oxygens (including phenoxy) is 1. The van der Waals surface area contributed by atoms with Crippen molar-refractivity contribution in [1.82, 2.24) is 10.1 Å². The molecular formula is C25H23ClN2O3S. The molecular weight excluding hydrogens is 444 g/mol. The Kier molecular flexibility index (Phi) is 4.97. The quantitative estimate of drug-likeness (QED) is 0.366. The summed E-state index contributed by atoms with van der Waals surface area (Å²) in [6, 6.07) is 7.93. The molecule has 2 atom stereocenters. The van der Waals surface area contributed by atoms with Gasteiger partial charge in [0.1, 0.15) is 5.75 Å². The van der Waals surface area contributed by atoms with E-state index in [1.165, 1.54) is 5.56 Å². The number of pyridine rings is 1. The predicted molar refractivity (Wildman–Crippen MR) is 126 cm³/mol. The first-order chi connectivity index (χ1) is 15.6. The molecule has 5 nitrogen and oxygen atoms in total. The first-order valence-corrected chi connectivity index (χ1v) is 12.3. The summed E-state index contributed by atoms with van der Waals surface area (Å²) in [5, 5.41) is 15.3. The normalized spacial score (nSPS) is 18.4. The van der Waals surface area contributed by atoms with Crippen molar-refractivity contribution in [2.75, 3.05) is 0 Å². The van der Waals surface area contributed by atoms with Crippen LogP contribution in [-0.4, -0.2) is 15.2 Å². The van der Waals surface area contributed by atoms with E-state index in [1.54, 1.807) is 17.5 Å². The minimum absolute atomic E-state index is 0.185. The first kappa shape index (κ1) is 20.2. The van der Waals surface area contributed by atoms with Crippen LogP contribution in [0.15, 0.2) is 35.0 Å². The number of hydrogen-bond donors (Lipinski definition) is 1. The Balaban J connectivity index is 1.44. The number of aryl methyl sites for hydroxylation is 1. The zero-order chi connectivity index (χ0) is 21.8. The highest BCUT2D eigenvalue weighted by molar-refractivity contribution is 7.19. The van der Waals surface area contributed by atoms with Crippen LogP contribution in [-0.2, 0) is 19.3 Å². The van der Waals surface area contributed by atoms with Crippen LogP contribution in [0, 0.1) is 0 Å². The van der Waals surface area contributed by atoms with Crippen LogP contribution < -0.4 is 4.74 Å². The Labute approximate surface area is 195 Å². The fourth-order valence-corrected chi connectivity index (χ4v) is 6.33. The number of nitrogens with zero attached hydrogens (tertiary/aromatic N) is 2. The molecule has 0 saturated heterocycles. The zero-order valence-electron chi connectivity index (χ0n) is 17.7. The minimum atomic E-state index is -0.481. The molecule has 0 saturated carbocycles. The summed E-state index contributed by atoms with van der Waals surface area (Å²) in [5.74, 6) is 1.71. The molecule has 0 fully saturated rings. The highest BCUT2D eigenvalue weighted by Crippen LogP contribution is 2.48. The van der Waals surface area contributed by atoms with Crippen LogP contribution in [0.25, 0.3) is 21.3 Å². The predicted octanol–water partition coefficient (Wildman–Crippen LogP) is 6.60. The molecule has 6 rings (SSSR count). The van der Waals surface area contributed by atoms with Gasteiger partial charge in [-0.25, -0.2) is 0 Å². The van der Waals surface area contributed by atoms with Crippen molar-refractivity contribution in [3.8, 4) is 16.9 Å². The number of halogens is 1. The summed E-state index contributed by atoms with van der Waals surface area (Å²) in [6.45, 7) is 1.98. The monoisotopic (exact) mass is 466 g/mol. The Morgan fingerprint density at radius 2 is 2.09 bits per heavy atom. The van der Waals surface area contributed by atoms with Gasteiger partial charge in [0.05, 0.1) is 22.0 Å². The summed E-state index contributed by atoms with van der Waals surface area (Å²) in [7, 11) is 0. The van der Waals surface area contributed by atoms with Crippen LogP contribution in [0.5, 0.6) is 5.75 Å². The second-order valence-electron chi connectivity index (χ2n) is 8.58. The minimum Gasteiger partial charge on any atom is -0.481 e. The molecule has 1 aliphatic heterocycles. The second-order valence-corrected chi connectivity index (χ2v) is 10.1. The highest BCUT2D eigenvalue weighted by atomic mass is 35.5. The van der Waals surface area contributed by atoms with E-state index in [0.29, 0.717) is 17.9 Å². The molecule has 1 N–H and O–H groups in total. The summed E-state index contributed by atoms with van der Waals surface area (Å²) in [4.78, 5) is 5.45. The van der Waals surface area contributed by atoms with Gasteiger partial charge in [-0.3, -0.25) is 4.98 Å². The van der Waals surface area contributed by atoms with Gasteiger partial charge >= 0.3 is 0 Å². The van der Waals surface area contributed by atoms with Crippen LogP contribution in [0.3, 0.4) is 0 Å². The van der Waals surface area contributed by atoms with Crippen molar-refractivity contribution in [3.05, 3.63) is 62.9 Å². The number of aliphatic hydroxyl groups is 1. The third-order valence-corrected chi connectivity index (χ3v) is 7.99. The molecule has 1 aliphatic carbocycles. The van der Waals surface area contributed by atoms with Crippen LogP contribution in [0.2, 0.25) is 5.02 Å². The Morgan fingerprint density at radius 3 is 2.97 bits per heavy atom. The third kappa shape index (κ3) is 3.24. The Hall–Kier alpha value is -2.41. The topological polar surface area (TPSA) is 68.4 Å². The summed E-state index contributed by atoms with van der Waals surface area (Å²) in [6.07, 6.45) is 6.83. The van der Waals surface area contributed by atoms with Crippen molar-refractivity contribution in [2.45, 2.75) is 57.7 Å². The van der Waals surface area contributed by atoms with Gasteiger partial charge in [-0.05, 0) is 56.4 Å². The fraction of sp³-hybridized carbons (Fsp3) is 0.360. The second kappa shape index (κ2) is 7.87.